The zero-order valence-corrected chi connectivity index (χ0v) is 14.5. The van der Waals surface area contributed by atoms with E-state index in [1.54, 1.807) is 0 Å². The molecule has 4 rings (SSSR count). The minimum atomic E-state index is -0.516. The van der Waals surface area contributed by atoms with E-state index in [2.05, 4.69) is 45.9 Å². The van der Waals surface area contributed by atoms with E-state index in [-0.39, 0.29) is 0 Å². The van der Waals surface area contributed by atoms with E-state index in [9.17, 15) is 0 Å². The van der Waals surface area contributed by atoms with Crippen molar-refractivity contribution in [2.75, 3.05) is 0 Å². The molecule has 1 aliphatic rings. The third-order valence-electron chi connectivity index (χ3n) is 5.15. The van der Waals surface area contributed by atoms with Crippen molar-refractivity contribution in [1.29, 1.82) is 0 Å². The van der Waals surface area contributed by atoms with E-state index in [1.165, 1.54) is 0 Å². The van der Waals surface area contributed by atoms with Gasteiger partial charge in [-0.25, -0.2) is 0 Å². The fourth-order valence-corrected chi connectivity index (χ4v) is 3.08. The lowest BCUT2D eigenvalue weighted by atomic mass is 9.80. The van der Waals surface area contributed by atoms with Crippen molar-refractivity contribution in [1.82, 2.24) is 0 Å². The fraction of sp³-hybridized carbons (Fsp3) is 0.300. The minimum absolute atomic E-state index is 0.398. The van der Waals surface area contributed by atoms with Crippen molar-refractivity contribution in [2.24, 2.45) is 0 Å². The number of fused-ring (bicyclic) bond motifs is 1. The molecule has 0 saturated carbocycles. The molecule has 0 spiro atoms. The van der Waals surface area contributed by atoms with Crippen molar-refractivity contribution in [3.63, 3.8) is 0 Å². The maximum Gasteiger partial charge on any atom is 0.533 e. The summed E-state index contributed by atoms with van der Waals surface area (Å²) in [6.07, 6.45) is 0. The summed E-state index contributed by atoms with van der Waals surface area (Å²) in [5, 5.41) is 1.08. The summed E-state index contributed by atoms with van der Waals surface area (Å²) in [7, 11) is -0.516. The second-order valence-electron chi connectivity index (χ2n) is 7.29. The third-order valence-corrected chi connectivity index (χ3v) is 5.15. The average Bonchev–Trinajstić information content (AvgIpc) is 3.03. The van der Waals surface area contributed by atoms with E-state index >= 15 is 0 Å². The number of para-hydroxylation sites is 1. The molecule has 1 aliphatic heterocycles. The quantitative estimate of drug-likeness (QED) is 0.656. The first-order valence-corrected chi connectivity index (χ1v) is 8.31. The molecule has 1 fully saturated rings. The molecular weight excluding hydrogens is 299 g/mol. The van der Waals surface area contributed by atoms with Gasteiger partial charge in [-0.15, -0.1) is 0 Å². The highest BCUT2D eigenvalue weighted by Gasteiger charge is 2.54. The van der Waals surface area contributed by atoms with Gasteiger partial charge in [-0.05, 0) is 39.3 Å². The van der Waals surface area contributed by atoms with Crippen LogP contribution >= 0.6 is 0 Å². The van der Waals surface area contributed by atoms with Crippen LogP contribution in [0.25, 0.3) is 22.1 Å². The minimum Gasteiger partial charge on any atom is -0.464 e. The fourth-order valence-electron chi connectivity index (χ4n) is 3.08. The molecular formula is C20H21BO3. The summed E-state index contributed by atoms with van der Waals surface area (Å²) in [6, 6.07) is 18.3. The van der Waals surface area contributed by atoms with Gasteiger partial charge in [0.05, 0.1) is 11.2 Å². The second kappa shape index (κ2) is 5.23. The summed E-state index contributed by atoms with van der Waals surface area (Å²) >= 11 is 0. The zero-order valence-electron chi connectivity index (χ0n) is 14.5. The Morgan fingerprint density at radius 2 is 1.33 bits per heavy atom. The predicted molar refractivity (Wildman–Crippen MR) is 97.4 cm³/mol. The van der Waals surface area contributed by atoms with Crippen molar-refractivity contribution in [3.8, 4) is 11.1 Å². The monoisotopic (exact) mass is 320 g/mol. The Kier molecular flexibility index (Phi) is 3.38. The van der Waals surface area contributed by atoms with Gasteiger partial charge in [-0.3, -0.25) is 0 Å². The number of hydrogen-bond acceptors (Lipinski definition) is 3. The van der Waals surface area contributed by atoms with Gasteiger partial charge in [0.2, 0.25) is 0 Å². The van der Waals surface area contributed by atoms with Crippen LogP contribution in [0.1, 0.15) is 27.7 Å². The lowest BCUT2D eigenvalue weighted by molar-refractivity contribution is 0.00578. The summed E-state index contributed by atoms with van der Waals surface area (Å²) < 4.78 is 18.6. The van der Waals surface area contributed by atoms with Gasteiger partial charge in [0, 0.05) is 10.9 Å². The molecule has 2 heterocycles. The molecule has 0 bridgehead atoms. The summed E-state index contributed by atoms with van der Waals surface area (Å²) in [4.78, 5) is 0. The summed E-state index contributed by atoms with van der Waals surface area (Å²) in [5.74, 6) is 0. The lowest BCUT2D eigenvalue weighted by Crippen LogP contribution is -2.41. The number of hydrogen-bond donors (Lipinski definition) is 0. The summed E-state index contributed by atoms with van der Waals surface area (Å²) in [5.41, 5.74) is 2.94. The van der Waals surface area contributed by atoms with Crippen LogP contribution in [0.3, 0.4) is 0 Å². The predicted octanol–water partition coefficient (Wildman–Crippen LogP) is 4.40. The smallest absolute Gasteiger partial charge is 0.464 e. The second-order valence-corrected chi connectivity index (χ2v) is 7.29. The van der Waals surface area contributed by atoms with Gasteiger partial charge >= 0.3 is 7.12 Å². The number of benzene rings is 2. The molecule has 0 amide bonds. The first-order chi connectivity index (χ1) is 11.4. The van der Waals surface area contributed by atoms with Crippen molar-refractivity contribution in [3.05, 3.63) is 54.6 Å². The summed E-state index contributed by atoms with van der Waals surface area (Å²) in [6.45, 7) is 8.21. The van der Waals surface area contributed by atoms with Gasteiger partial charge in [0.1, 0.15) is 11.2 Å². The molecule has 0 unspecified atom stereocenters. The van der Waals surface area contributed by atoms with Crippen molar-refractivity contribution in [2.45, 2.75) is 38.9 Å². The maximum absolute atomic E-state index is 6.23. The van der Waals surface area contributed by atoms with Crippen LogP contribution < -0.4 is 5.66 Å². The van der Waals surface area contributed by atoms with Gasteiger partial charge < -0.3 is 13.7 Å². The molecule has 0 radical (unpaired) electrons. The molecule has 1 aromatic heterocycles. The van der Waals surface area contributed by atoms with Crippen molar-refractivity contribution >= 4 is 23.7 Å². The largest absolute Gasteiger partial charge is 0.533 e. The molecule has 2 aromatic carbocycles. The molecule has 122 valence electrons. The Morgan fingerprint density at radius 3 is 2.00 bits per heavy atom. The van der Waals surface area contributed by atoms with Crippen LogP contribution in [0.4, 0.5) is 0 Å². The normalized spacial score (nSPS) is 19.1. The van der Waals surface area contributed by atoms with Crippen molar-refractivity contribution < 1.29 is 13.7 Å². The lowest BCUT2D eigenvalue weighted by Gasteiger charge is -2.32. The zero-order chi connectivity index (χ0) is 16.9. The number of rotatable bonds is 2. The maximum atomic E-state index is 6.23. The SMILES string of the molecule is CC1(C)OB(c2oc3ccccc3c2-c2ccccc2)OC1(C)C. The van der Waals surface area contributed by atoms with Gasteiger partial charge in [0.15, 0.2) is 0 Å². The van der Waals surface area contributed by atoms with E-state index < -0.39 is 18.3 Å². The van der Waals surface area contributed by atoms with E-state index in [4.69, 9.17) is 13.7 Å². The van der Waals surface area contributed by atoms with Crippen LogP contribution in [0, 0.1) is 0 Å². The Balaban J connectivity index is 1.91. The Bertz CT molecular complexity index is 864. The van der Waals surface area contributed by atoms with E-state index in [0.29, 0.717) is 0 Å². The number of furan rings is 1. The highest BCUT2D eigenvalue weighted by Crippen LogP contribution is 2.39. The Hall–Kier alpha value is -2.04. The van der Waals surface area contributed by atoms with Gasteiger partial charge in [-0.2, -0.15) is 0 Å². The average molecular weight is 320 g/mol. The molecule has 1 saturated heterocycles. The van der Waals surface area contributed by atoms with Gasteiger partial charge in [-0.1, -0.05) is 48.5 Å². The van der Waals surface area contributed by atoms with Crippen LogP contribution in [-0.4, -0.2) is 18.3 Å². The molecule has 4 heteroatoms. The Morgan fingerprint density at radius 1 is 0.750 bits per heavy atom. The molecule has 3 nitrogen and oxygen atoms in total. The third kappa shape index (κ3) is 2.29. The van der Waals surface area contributed by atoms with Crippen LogP contribution in [0.15, 0.2) is 59.0 Å². The topological polar surface area (TPSA) is 31.6 Å². The molecule has 0 N–H and O–H groups in total. The van der Waals surface area contributed by atoms with E-state index in [1.807, 2.05) is 36.4 Å². The molecule has 0 aliphatic carbocycles. The van der Waals surface area contributed by atoms with E-state index in [0.717, 1.165) is 27.8 Å². The van der Waals surface area contributed by atoms with Crippen LogP contribution in [-0.2, 0) is 9.31 Å². The highest BCUT2D eigenvalue weighted by molar-refractivity contribution is 6.63. The first kappa shape index (κ1) is 15.5. The van der Waals surface area contributed by atoms with Gasteiger partial charge in [0.25, 0.3) is 0 Å². The van der Waals surface area contributed by atoms with Crippen LogP contribution in [0.2, 0.25) is 0 Å². The molecule has 3 aromatic rings. The highest BCUT2D eigenvalue weighted by atomic mass is 16.7. The Labute approximate surface area is 142 Å². The van der Waals surface area contributed by atoms with Crippen LogP contribution in [0.5, 0.6) is 0 Å². The molecule has 24 heavy (non-hydrogen) atoms. The standard InChI is InChI=1S/C20H21BO3/c1-19(2)20(3,4)24-21(23-19)18-17(14-10-6-5-7-11-14)15-12-8-9-13-16(15)22-18/h5-13H,1-4H3. The first-order valence-electron chi connectivity index (χ1n) is 8.31. The molecule has 0 atom stereocenters.